The Morgan fingerprint density at radius 1 is 0.500 bits per heavy atom. The number of carbonyl (C=O) groups excluding carboxylic acids is 3. The molecule has 0 aliphatic rings. The van der Waals surface area contributed by atoms with Crippen molar-refractivity contribution in [3.05, 3.63) is 106 Å². The molecule has 3 rings (SSSR count). The first kappa shape index (κ1) is 20.3. The minimum atomic E-state index is -4.04. The standard InChI is InChI=1S/3C8H7O.Bi/c3*1-7-4-2-3-5-8(7)6-9;/h3*2-5H,1H3;. The van der Waals surface area contributed by atoms with Gasteiger partial charge in [0.25, 0.3) is 0 Å². The Labute approximate surface area is 173 Å². The summed E-state index contributed by atoms with van der Waals surface area (Å²) in [5.74, 6) is 0. The summed E-state index contributed by atoms with van der Waals surface area (Å²) in [5.41, 5.74) is 3.85. The molecule has 0 radical (unpaired) electrons. The number of hydrogen-bond donors (Lipinski definition) is 0. The number of rotatable bonds is 6. The molecule has 28 heavy (non-hydrogen) atoms. The summed E-state index contributed by atoms with van der Waals surface area (Å²) in [6.45, 7) is 5.52. The van der Waals surface area contributed by atoms with E-state index in [1.807, 2.05) is 57.2 Å². The quantitative estimate of drug-likeness (QED) is 0.408. The van der Waals surface area contributed by atoms with E-state index in [0.717, 1.165) is 16.7 Å². The van der Waals surface area contributed by atoms with Gasteiger partial charge in [0.05, 0.1) is 0 Å². The van der Waals surface area contributed by atoms with Gasteiger partial charge in [-0.1, -0.05) is 0 Å². The van der Waals surface area contributed by atoms with Crippen LogP contribution in [0.15, 0.2) is 72.8 Å². The van der Waals surface area contributed by atoms with Crippen LogP contribution in [0.5, 0.6) is 0 Å². The van der Waals surface area contributed by atoms with Crippen LogP contribution >= 0.6 is 0 Å². The molecule has 0 saturated heterocycles. The topological polar surface area (TPSA) is 51.2 Å². The van der Waals surface area contributed by atoms with Gasteiger partial charge in [-0.05, 0) is 0 Å². The molecule has 0 saturated carbocycles. The molecular formula is C24H21BiO3. The van der Waals surface area contributed by atoms with E-state index in [2.05, 4.69) is 0 Å². The van der Waals surface area contributed by atoms with E-state index in [4.69, 9.17) is 0 Å². The summed E-state index contributed by atoms with van der Waals surface area (Å²) < 4.78 is -0.765. The van der Waals surface area contributed by atoms with Crippen molar-refractivity contribution in [2.75, 3.05) is 0 Å². The fraction of sp³-hybridized carbons (Fsp3) is 0.125. The summed E-state index contributed by atoms with van der Waals surface area (Å²) in [6.07, 6.45) is 0. The third-order valence-corrected chi connectivity index (χ3v) is 12.3. The first-order chi connectivity index (χ1) is 13.4. The van der Waals surface area contributed by atoms with Gasteiger partial charge >= 0.3 is 174 Å². The van der Waals surface area contributed by atoms with Gasteiger partial charge in [-0.15, -0.1) is 0 Å². The van der Waals surface area contributed by atoms with Crippen LogP contribution in [0, 0.1) is 20.8 Å². The molecule has 0 aliphatic carbocycles. The van der Waals surface area contributed by atoms with Gasteiger partial charge in [0.15, 0.2) is 0 Å². The van der Waals surface area contributed by atoms with Crippen LogP contribution in [0.25, 0.3) is 0 Å². The average molecular weight is 566 g/mol. The molecule has 3 aromatic carbocycles. The van der Waals surface area contributed by atoms with Gasteiger partial charge in [-0.25, -0.2) is 0 Å². The summed E-state index contributed by atoms with van der Waals surface area (Å²) in [7, 11) is 0. The van der Waals surface area contributed by atoms with E-state index in [1.165, 1.54) is 0 Å². The molecule has 0 aromatic heterocycles. The van der Waals surface area contributed by atoms with E-state index >= 15 is 0 Å². The molecule has 0 unspecified atom stereocenters. The fourth-order valence-electron chi connectivity index (χ4n) is 3.08. The summed E-state index contributed by atoms with van der Waals surface area (Å²) in [5, 5.41) is 0. The van der Waals surface area contributed by atoms with Crippen LogP contribution in [0.1, 0.15) is 47.8 Å². The van der Waals surface area contributed by atoms with E-state index in [-0.39, 0.29) is 10.5 Å². The molecule has 0 aliphatic heterocycles. The van der Waals surface area contributed by atoms with E-state index in [1.54, 1.807) is 36.4 Å². The number of hydrogen-bond acceptors (Lipinski definition) is 3. The summed E-state index contributed by atoms with van der Waals surface area (Å²) in [4.78, 5) is 40.4. The second-order valence-corrected chi connectivity index (χ2v) is 14.0. The average Bonchev–Trinajstić information content (AvgIpc) is 2.69. The molecule has 4 heteroatoms. The SMILES string of the molecule is Cc1ccccc1[C](=O)[Bi]([C](=O)c1ccccc1C)[C](=O)c1ccccc1C. The van der Waals surface area contributed by atoms with Crippen LogP contribution in [0.2, 0.25) is 0 Å². The van der Waals surface area contributed by atoms with Gasteiger partial charge in [0.2, 0.25) is 0 Å². The molecule has 0 atom stereocenters. The van der Waals surface area contributed by atoms with Crippen molar-refractivity contribution in [1.29, 1.82) is 0 Å². The second-order valence-electron chi connectivity index (χ2n) is 6.70. The summed E-state index contributed by atoms with van der Waals surface area (Å²) in [6, 6.07) is 21.5. The molecule has 140 valence electrons. The Morgan fingerprint density at radius 3 is 1.00 bits per heavy atom. The van der Waals surface area contributed by atoms with Crippen molar-refractivity contribution in [2.45, 2.75) is 20.8 Å². The molecule has 0 amide bonds. The number of benzene rings is 3. The third kappa shape index (κ3) is 4.03. The molecule has 3 nitrogen and oxygen atoms in total. The fourth-order valence-corrected chi connectivity index (χ4v) is 11.0. The van der Waals surface area contributed by atoms with Gasteiger partial charge in [0, 0.05) is 0 Å². The monoisotopic (exact) mass is 566 g/mol. The van der Waals surface area contributed by atoms with Crippen molar-refractivity contribution < 1.29 is 14.4 Å². The second kappa shape index (κ2) is 8.71. The number of carbonyl (C=O) groups is 3. The Hall–Kier alpha value is -2.45. The van der Waals surface area contributed by atoms with Crippen molar-refractivity contribution in [3.63, 3.8) is 0 Å². The van der Waals surface area contributed by atoms with Crippen LogP contribution in [-0.4, -0.2) is 32.2 Å². The van der Waals surface area contributed by atoms with Crippen LogP contribution in [0.4, 0.5) is 0 Å². The zero-order valence-corrected chi connectivity index (χ0v) is 19.6. The van der Waals surface area contributed by atoms with E-state index in [9.17, 15) is 14.4 Å². The Bertz CT molecular complexity index is 932. The van der Waals surface area contributed by atoms with Gasteiger partial charge in [0.1, 0.15) is 0 Å². The Balaban J connectivity index is 2.14. The minimum absolute atomic E-state index is 0.255. The Morgan fingerprint density at radius 2 is 0.750 bits per heavy atom. The zero-order chi connectivity index (χ0) is 20.3. The van der Waals surface area contributed by atoms with Crippen LogP contribution < -0.4 is 0 Å². The van der Waals surface area contributed by atoms with Gasteiger partial charge in [-0.2, -0.15) is 0 Å². The number of aryl methyl sites for hydroxylation is 3. The predicted octanol–water partition coefficient (Wildman–Crippen LogP) is 4.67. The normalized spacial score (nSPS) is 10.7. The Kier molecular flexibility index (Phi) is 6.31. The maximum atomic E-state index is 13.5. The molecule has 0 spiro atoms. The molecule has 0 heterocycles. The van der Waals surface area contributed by atoms with Crippen molar-refractivity contribution in [3.8, 4) is 0 Å². The van der Waals surface area contributed by atoms with Gasteiger partial charge in [-0.3, -0.25) is 0 Å². The molecule has 0 bridgehead atoms. The molecular weight excluding hydrogens is 545 g/mol. The maximum absolute atomic E-state index is 13.5. The van der Waals surface area contributed by atoms with Crippen LogP contribution in [0.3, 0.4) is 0 Å². The third-order valence-electron chi connectivity index (χ3n) is 4.74. The van der Waals surface area contributed by atoms with Crippen molar-refractivity contribution in [1.82, 2.24) is 0 Å². The van der Waals surface area contributed by atoms with Crippen LogP contribution in [-0.2, 0) is 0 Å². The molecule has 3 aromatic rings. The molecule has 0 N–H and O–H groups in total. The first-order valence-corrected chi connectivity index (χ1v) is 14.2. The molecule has 0 fully saturated rings. The van der Waals surface area contributed by atoms with Crippen molar-refractivity contribution in [2.24, 2.45) is 0 Å². The van der Waals surface area contributed by atoms with E-state index in [0.29, 0.717) is 16.7 Å². The van der Waals surface area contributed by atoms with E-state index < -0.39 is 21.8 Å². The summed E-state index contributed by atoms with van der Waals surface area (Å²) >= 11 is -4.04. The zero-order valence-electron chi connectivity index (χ0n) is 16.1. The predicted molar refractivity (Wildman–Crippen MR) is 112 cm³/mol. The first-order valence-electron chi connectivity index (χ1n) is 9.02. The van der Waals surface area contributed by atoms with Gasteiger partial charge < -0.3 is 0 Å². The van der Waals surface area contributed by atoms with Crippen molar-refractivity contribution >= 4 is 32.2 Å².